The standard InChI is InChI=1S/C18H20N4.C3H8/c1-13(19)15-8-5-9-16(12-15)22-18(21)11-10-17(20)14-6-3-2-4-7-14;1-3-2/h2-12,22H,1,19-21H2;3H2,1-2H3/b17-10-,18-11+;. The van der Waals surface area contributed by atoms with Crippen LogP contribution in [0.25, 0.3) is 11.4 Å². The van der Waals surface area contributed by atoms with Gasteiger partial charge in [-0.05, 0) is 35.4 Å². The van der Waals surface area contributed by atoms with Gasteiger partial charge in [0.15, 0.2) is 0 Å². The summed E-state index contributed by atoms with van der Waals surface area (Å²) in [4.78, 5) is 0. The first kappa shape index (κ1) is 19.9. The minimum Gasteiger partial charge on any atom is -0.399 e. The van der Waals surface area contributed by atoms with Gasteiger partial charge in [-0.3, -0.25) is 0 Å². The molecule has 2 aromatic rings. The second kappa shape index (κ2) is 10.6. The highest BCUT2D eigenvalue weighted by Gasteiger charge is 1.98. The first-order valence-electron chi connectivity index (χ1n) is 8.28. The highest BCUT2D eigenvalue weighted by molar-refractivity contribution is 5.66. The molecule has 0 aliphatic carbocycles. The Morgan fingerprint density at radius 2 is 1.52 bits per heavy atom. The number of nitrogens with two attached hydrogens (primary N) is 3. The van der Waals surface area contributed by atoms with Crippen LogP contribution in [0.5, 0.6) is 0 Å². The maximum absolute atomic E-state index is 6.01. The van der Waals surface area contributed by atoms with E-state index in [1.807, 2.05) is 54.6 Å². The molecule has 7 N–H and O–H groups in total. The Balaban J connectivity index is 0.000000970. The zero-order chi connectivity index (χ0) is 18.7. The number of allylic oxidation sites excluding steroid dienone is 2. The smallest absolute Gasteiger partial charge is 0.101 e. The minimum absolute atomic E-state index is 0.485. The molecular formula is C21H28N4. The first-order chi connectivity index (χ1) is 12.0. The summed E-state index contributed by atoms with van der Waals surface area (Å²) < 4.78 is 0. The molecule has 25 heavy (non-hydrogen) atoms. The molecule has 0 aliphatic rings. The summed E-state index contributed by atoms with van der Waals surface area (Å²) in [6.45, 7) is 7.97. The number of rotatable bonds is 5. The Labute approximate surface area is 150 Å². The predicted octanol–water partition coefficient (Wildman–Crippen LogP) is 4.24. The first-order valence-corrected chi connectivity index (χ1v) is 8.28. The zero-order valence-electron chi connectivity index (χ0n) is 15.0. The van der Waals surface area contributed by atoms with Crippen molar-refractivity contribution in [1.29, 1.82) is 0 Å². The van der Waals surface area contributed by atoms with Crippen molar-refractivity contribution in [1.82, 2.24) is 0 Å². The fourth-order valence-electron chi connectivity index (χ4n) is 1.91. The van der Waals surface area contributed by atoms with Crippen LogP contribution in [-0.2, 0) is 0 Å². The van der Waals surface area contributed by atoms with E-state index in [0.29, 0.717) is 17.2 Å². The van der Waals surface area contributed by atoms with E-state index >= 15 is 0 Å². The Bertz CT molecular complexity index is 731. The largest absolute Gasteiger partial charge is 0.399 e. The lowest BCUT2D eigenvalue weighted by molar-refractivity contribution is 1.09. The maximum Gasteiger partial charge on any atom is 0.101 e. The number of benzene rings is 2. The molecule has 4 nitrogen and oxygen atoms in total. The number of hydrogen-bond acceptors (Lipinski definition) is 4. The Morgan fingerprint density at radius 1 is 0.920 bits per heavy atom. The number of nitrogens with one attached hydrogen (secondary N) is 1. The molecule has 2 aromatic carbocycles. The fraction of sp³-hybridized carbons (Fsp3) is 0.143. The third-order valence-electron chi connectivity index (χ3n) is 3.07. The molecule has 0 saturated heterocycles. The van der Waals surface area contributed by atoms with Crippen LogP contribution in [0.3, 0.4) is 0 Å². The highest BCUT2D eigenvalue weighted by Crippen LogP contribution is 2.15. The summed E-state index contributed by atoms with van der Waals surface area (Å²) >= 11 is 0. The maximum atomic E-state index is 6.01. The van der Waals surface area contributed by atoms with Gasteiger partial charge in [-0.15, -0.1) is 0 Å². The van der Waals surface area contributed by atoms with Crippen molar-refractivity contribution in [3.63, 3.8) is 0 Å². The average Bonchev–Trinajstić information content (AvgIpc) is 2.61. The SMILES string of the molecule is C=C(N)c1cccc(N/C(N)=C/C=C(\N)c2ccccc2)c1.CCC. The lowest BCUT2D eigenvalue weighted by atomic mass is 10.1. The van der Waals surface area contributed by atoms with Gasteiger partial charge in [0.1, 0.15) is 5.82 Å². The lowest BCUT2D eigenvalue weighted by Crippen LogP contribution is -2.09. The van der Waals surface area contributed by atoms with Crippen molar-refractivity contribution in [2.24, 2.45) is 17.2 Å². The lowest BCUT2D eigenvalue weighted by Gasteiger charge is -2.08. The predicted molar refractivity (Wildman–Crippen MR) is 110 cm³/mol. The van der Waals surface area contributed by atoms with E-state index in [1.165, 1.54) is 6.42 Å². The van der Waals surface area contributed by atoms with Gasteiger partial charge in [-0.1, -0.05) is 69.3 Å². The molecule has 0 heterocycles. The molecule has 0 bridgehead atoms. The van der Waals surface area contributed by atoms with Crippen molar-refractivity contribution in [3.8, 4) is 0 Å². The molecular weight excluding hydrogens is 308 g/mol. The average molecular weight is 336 g/mol. The molecule has 4 heteroatoms. The summed E-state index contributed by atoms with van der Waals surface area (Å²) in [5.74, 6) is 0.485. The summed E-state index contributed by atoms with van der Waals surface area (Å²) in [6.07, 6.45) is 4.75. The van der Waals surface area contributed by atoms with Gasteiger partial charge in [0, 0.05) is 17.1 Å². The van der Waals surface area contributed by atoms with E-state index in [1.54, 1.807) is 12.2 Å². The second-order valence-corrected chi connectivity index (χ2v) is 5.55. The van der Waals surface area contributed by atoms with Crippen LogP contribution in [0.1, 0.15) is 31.4 Å². The molecule has 0 atom stereocenters. The van der Waals surface area contributed by atoms with Crippen molar-refractivity contribution in [2.75, 3.05) is 5.32 Å². The van der Waals surface area contributed by atoms with E-state index in [-0.39, 0.29) is 0 Å². The quantitative estimate of drug-likeness (QED) is 0.615. The summed E-state index contributed by atoms with van der Waals surface area (Å²) in [6, 6.07) is 17.3. The molecule has 2 rings (SSSR count). The number of anilines is 1. The molecule has 0 spiro atoms. The molecule has 0 fully saturated rings. The molecule has 0 saturated carbocycles. The van der Waals surface area contributed by atoms with E-state index in [9.17, 15) is 0 Å². The Hall–Kier alpha value is -3.14. The second-order valence-electron chi connectivity index (χ2n) is 5.55. The van der Waals surface area contributed by atoms with Crippen LogP contribution in [-0.4, -0.2) is 0 Å². The minimum atomic E-state index is 0.485. The van der Waals surface area contributed by atoms with Crippen LogP contribution < -0.4 is 22.5 Å². The Kier molecular flexibility index (Phi) is 8.44. The molecule has 0 aromatic heterocycles. The summed E-state index contributed by atoms with van der Waals surface area (Å²) in [5, 5.41) is 3.09. The van der Waals surface area contributed by atoms with Crippen molar-refractivity contribution < 1.29 is 0 Å². The molecule has 0 radical (unpaired) electrons. The van der Waals surface area contributed by atoms with Crippen molar-refractivity contribution in [3.05, 3.63) is 90.3 Å². The monoisotopic (exact) mass is 336 g/mol. The van der Waals surface area contributed by atoms with Gasteiger partial charge in [0.25, 0.3) is 0 Å². The van der Waals surface area contributed by atoms with Crippen LogP contribution in [0, 0.1) is 0 Å². The summed E-state index contributed by atoms with van der Waals surface area (Å²) in [7, 11) is 0. The van der Waals surface area contributed by atoms with Gasteiger partial charge in [-0.25, -0.2) is 0 Å². The van der Waals surface area contributed by atoms with Gasteiger partial charge >= 0.3 is 0 Å². The van der Waals surface area contributed by atoms with Crippen LogP contribution in [0.4, 0.5) is 5.69 Å². The van der Waals surface area contributed by atoms with Crippen molar-refractivity contribution >= 4 is 17.1 Å². The van der Waals surface area contributed by atoms with E-state index in [2.05, 4.69) is 25.7 Å². The summed E-state index contributed by atoms with van der Waals surface area (Å²) in [5.41, 5.74) is 21.5. The molecule has 0 amide bonds. The normalized spacial score (nSPS) is 11.3. The van der Waals surface area contributed by atoms with Gasteiger partial charge in [0.05, 0.1) is 0 Å². The van der Waals surface area contributed by atoms with Crippen LogP contribution in [0.2, 0.25) is 0 Å². The van der Waals surface area contributed by atoms with Gasteiger partial charge < -0.3 is 22.5 Å². The number of hydrogen-bond donors (Lipinski definition) is 4. The van der Waals surface area contributed by atoms with Crippen LogP contribution in [0.15, 0.2) is 79.1 Å². The van der Waals surface area contributed by atoms with Crippen LogP contribution >= 0.6 is 0 Å². The van der Waals surface area contributed by atoms with Gasteiger partial charge in [-0.2, -0.15) is 0 Å². The fourth-order valence-corrected chi connectivity index (χ4v) is 1.91. The van der Waals surface area contributed by atoms with Crippen molar-refractivity contribution in [2.45, 2.75) is 20.3 Å². The molecule has 0 aliphatic heterocycles. The van der Waals surface area contributed by atoms with Gasteiger partial charge in [0.2, 0.25) is 0 Å². The topological polar surface area (TPSA) is 90.1 Å². The van der Waals surface area contributed by atoms with E-state index in [0.717, 1.165) is 16.8 Å². The third kappa shape index (κ3) is 7.31. The molecule has 0 unspecified atom stereocenters. The zero-order valence-corrected chi connectivity index (χ0v) is 15.0. The highest BCUT2D eigenvalue weighted by atomic mass is 15.0. The Morgan fingerprint density at radius 3 is 2.12 bits per heavy atom. The molecule has 132 valence electrons. The van der Waals surface area contributed by atoms with E-state index < -0.39 is 0 Å². The van der Waals surface area contributed by atoms with E-state index in [4.69, 9.17) is 17.2 Å². The third-order valence-corrected chi connectivity index (χ3v) is 3.07.